The van der Waals surface area contributed by atoms with Crippen molar-refractivity contribution >= 4 is 0 Å². The van der Waals surface area contributed by atoms with E-state index in [2.05, 4.69) is 41.5 Å². The van der Waals surface area contributed by atoms with E-state index in [0.29, 0.717) is 0 Å². The molecule has 0 radical (unpaired) electrons. The van der Waals surface area contributed by atoms with Gasteiger partial charge in [-0.2, -0.15) is 0 Å². The van der Waals surface area contributed by atoms with Crippen molar-refractivity contribution in [3.63, 3.8) is 0 Å². The minimum absolute atomic E-state index is 0.869. The van der Waals surface area contributed by atoms with Gasteiger partial charge in [-0.05, 0) is 41.9 Å². The van der Waals surface area contributed by atoms with Crippen LogP contribution in [0.25, 0.3) is 0 Å². The van der Waals surface area contributed by atoms with Crippen molar-refractivity contribution in [1.82, 2.24) is 0 Å². The first-order chi connectivity index (χ1) is 8.49. The van der Waals surface area contributed by atoms with Gasteiger partial charge in [-0.15, -0.1) is 0 Å². The third kappa shape index (κ3) is 5.33. The van der Waals surface area contributed by atoms with Crippen molar-refractivity contribution < 1.29 is 0 Å². The van der Waals surface area contributed by atoms with Crippen LogP contribution in [0.4, 0.5) is 0 Å². The monoisotopic (exact) mass is 256 g/mol. The van der Waals surface area contributed by atoms with Gasteiger partial charge in [0.25, 0.3) is 0 Å². The maximum Gasteiger partial charge on any atom is -0.0329 e. The summed E-state index contributed by atoms with van der Waals surface area (Å²) in [7, 11) is 0. The average Bonchev–Trinajstić information content (AvgIpc) is 2.71. The highest BCUT2D eigenvalue weighted by molar-refractivity contribution is 4.91. The Morgan fingerprint density at radius 3 is 1.50 bits per heavy atom. The lowest BCUT2D eigenvalue weighted by atomic mass is 9.74. The van der Waals surface area contributed by atoms with Gasteiger partial charge in [0.05, 0.1) is 0 Å². The highest BCUT2D eigenvalue weighted by atomic mass is 14.5. The van der Waals surface area contributed by atoms with Crippen LogP contribution < -0.4 is 0 Å². The number of hydrogen-bond donors (Lipinski definition) is 0. The molecule has 4 atom stereocenters. The topological polar surface area (TPSA) is 0 Å². The third-order valence-corrected chi connectivity index (χ3v) is 4.38. The molecule has 0 aromatic heterocycles. The average molecular weight is 257 g/mol. The molecule has 1 saturated carbocycles. The second-order valence-electron chi connectivity index (χ2n) is 6.02. The predicted molar refractivity (Wildman–Crippen MR) is 86.9 cm³/mol. The van der Waals surface area contributed by atoms with E-state index in [0.717, 1.165) is 35.5 Å². The minimum atomic E-state index is 0.869. The Morgan fingerprint density at radius 1 is 0.833 bits per heavy atom. The second kappa shape index (κ2) is 10.9. The third-order valence-electron chi connectivity index (χ3n) is 4.38. The summed E-state index contributed by atoms with van der Waals surface area (Å²) in [5, 5.41) is 0. The van der Waals surface area contributed by atoms with Gasteiger partial charge in [0.2, 0.25) is 0 Å². The number of rotatable bonds is 3. The Hall–Kier alpha value is 0. The van der Waals surface area contributed by atoms with Gasteiger partial charge < -0.3 is 0 Å². The molecule has 1 aliphatic rings. The van der Waals surface area contributed by atoms with Gasteiger partial charge in [-0.25, -0.2) is 0 Å². The standard InChI is InChI=1S/C14H28.2C2H6/c1-7-12-8-11(6)13(9(2)3)14(12)10(4)5;2*1-2/h9-14H,7-8H2,1-6H3;2*1-2H3. The lowest BCUT2D eigenvalue weighted by Gasteiger charge is -2.32. The molecule has 0 N–H and O–H groups in total. The fourth-order valence-electron chi connectivity index (χ4n) is 4.01. The minimum Gasteiger partial charge on any atom is -0.0683 e. The van der Waals surface area contributed by atoms with Crippen molar-refractivity contribution in [1.29, 1.82) is 0 Å². The Labute approximate surface area is 118 Å². The van der Waals surface area contributed by atoms with E-state index in [1.807, 2.05) is 27.7 Å². The van der Waals surface area contributed by atoms with E-state index in [1.54, 1.807) is 0 Å². The lowest BCUT2D eigenvalue weighted by Crippen LogP contribution is -2.26. The maximum atomic E-state index is 2.47. The lowest BCUT2D eigenvalue weighted by molar-refractivity contribution is 0.167. The Morgan fingerprint density at radius 2 is 1.22 bits per heavy atom. The fourth-order valence-corrected chi connectivity index (χ4v) is 4.01. The summed E-state index contributed by atoms with van der Waals surface area (Å²) in [5.41, 5.74) is 0. The van der Waals surface area contributed by atoms with Crippen LogP contribution in [0.1, 0.15) is 82.1 Å². The predicted octanol–water partition coefficient (Wildman–Crippen LogP) is 6.65. The van der Waals surface area contributed by atoms with Crippen LogP contribution in [0, 0.1) is 35.5 Å². The van der Waals surface area contributed by atoms with Crippen molar-refractivity contribution in [2.75, 3.05) is 0 Å². The highest BCUT2D eigenvalue weighted by Crippen LogP contribution is 2.49. The van der Waals surface area contributed by atoms with E-state index in [1.165, 1.54) is 12.8 Å². The summed E-state index contributed by atoms with van der Waals surface area (Å²) in [6.45, 7) is 22.5. The smallest absolute Gasteiger partial charge is 0.0329 e. The summed E-state index contributed by atoms with van der Waals surface area (Å²) in [6, 6.07) is 0. The molecule has 0 aromatic carbocycles. The SMILES string of the molecule is CC.CC.CCC1CC(C)C(C(C)C)C1C(C)C. The molecule has 0 saturated heterocycles. The first-order valence-corrected chi connectivity index (χ1v) is 8.49. The van der Waals surface area contributed by atoms with Gasteiger partial charge in [0, 0.05) is 0 Å². The summed E-state index contributed by atoms with van der Waals surface area (Å²) in [5.74, 6) is 5.64. The first-order valence-electron chi connectivity index (χ1n) is 8.49. The molecular formula is C18H40. The van der Waals surface area contributed by atoms with Gasteiger partial charge in [0.1, 0.15) is 0 Å². The Bertz CT molecular complexity index is 169. The second-order valence-corrected chi connectivity index (χ2v) is 6.02. The molecule has 1 rings (SSSR count). The fraction of sp³-hybridized carbons (Fsp3) is 1.00. The molecule has 112 valence electrons. The van der Waals surface area contributed by atoms with Crippen LogP contribution in [0.5, 0.6) is 0 Å². The zero-order chi connectivity index (χ0) is 14.9. The van der Waals surface area contributed by atoms with Crippen molar-refractivity contribution in [3.05, 3.63) is 0 Å². The molecular weight excluding hydrogens is 216 g/mol. The molecule has 0 amide bonds. The van der Waals surface area contributed by atoms with Crippen molar-refractivity contribution in [2.45, 2.75) is 82.1 Å². The molecule has 0 nitrogen and oxygen atoms in total. The van der Waals surface area contributed by atoms with Crippen LogP contribution in [0.15, 0.2) is 0 Å². The summed E-state index contributed by atoms with van der Waals surface area (Å²) >= 11 is 0. The van der Waals surface area contributed by atoms with Gasteiger partial charge in [-0.3, -0.25) is 0 Å². The van der Waals surface area contributed by atoms with Crippen molar-refractivity contribution in [3.8, 4) is 0 Å². The van der Waals surface area contributed by atoms with E-state index < -0.39 is 0 Å². The molecule has 1 fully saturated rings. The summed E-state index contributed by atoms with van der Waals surface area (Å²) in [4.78, 5) is 0. The van der Waals surface area contributed by atoms with E-state index in [4.69, 9.17) is 0 Å². The normalized spacial score (nSPS) is 30.7. The van der Waals surface area contributed by atoms with Gasteiger partial charge >= 0.3 is 0 Å². The Balaban J connectivity index is 0. The van der Waals surface area contributed by atoms with Crippen LogP contribution in [-0.2, 0) is 0 Å². The van der Waals surface area contributed by atoms with Crippen LogP contribution in [0.3, 0.4) is 0 Å². The number of hydrogen-bond acceptors (Lipinski definition) is 0. The summed E-state index contributed by atoms with van der Waals surface area (Å²) in [6.07, 6.45) is 2.86. The largest absolute Gasteiger partial charge is 0.0683 e. The van der Waals surface area contributed by atoms with E-state index in [-0.39, 0.29) is 0 Å². The van der Waals surface area contributed by atoms with Gasteiger partial charge in [-0.1, -0.05) is 75.7 Å². The molecule has 0 aromatic rings. The van der Waals surface area contributed by atoms with E-state index >= 15 is 0 Å². The molecule has 0 heterocycles. The Kier molecular flexibility index (Phi) is 12.3. The van der Waals surface area contributed by atoms with Crippen LogP contribution >= 0.6 is 0 Å². The van der Waals surface area contributed by atoms with Crippen molar-refractivity contribution in [2.24, 2.45) is 35.5 Å². The molecule has 0 spiro atoms. The van der Waals surface area contributed by atoms with Crippen LogP contribution in [-0.4, -0.2) is 0 Å². The maximum absolute atomic E-state index is 2.47. The van der Waals surface area contributed by atoms with Crippen LogP contribution in [0.2, 0.25) is 0 Å². The quantitative estimate of drug-likeness (QED) is 0.530. The molecule has 0 heteroatoms. The van der Waals surface area contributed by atoms with Gasteiger partial charge in [0.15, 0.2) is 0 Å². The zero-order valence-electron chi connectivity index (χ0n) is 14.9. The van der Waals surface area contributed by atoms with E-state index in [9.17, 15) is 0 Å². The highest BCUT2D eigenvalue weighted by Gasteiger charge is 2.42. The molecule has 0 aliphatic heterocycles. The first kappa shape index (κ1) is 20.3. The summed E-state index contributed by atoms with van der Waals surface area (Å²) < 4.78 is 0. The zero-order valence-corrected chi connectivity index (χ0v) is 14.9. The molecule has 0 bridgehead atoms. The molecule has 4 unspecified atom stereocenters. The molecule has 1 aliphatic carbocycles. The molecule has 18 heavy (non-hydrogen) atoms.